The molecule has 11 nitrogen and oxygen atoms in total. The van der Waals surface area contributed by atoms with Crippen LogP contribution in [0, 0.1) is 0 Å². The van der Waals surface area contributed by atoms with E-state index in [4.69, 9.17) is 18.9 Å². The molecule has 0 spiro atoms. The number of likely N-dealkylation sites (tertiary alicyclic amines) is 1. The number of methoxy groups -OCH3 is 2. The van der Waals surface area contributed by atoms with Crippen LogP contribution in [-0.2, 0) is 24.1 Å². The predicted molar refractivity (Wildman–Crippen MR) is 182 cm³/mol. The number of carbonyl (C=O) groups is 2. The summed E-state index contributed by atoms with van der Waals surface area (Å²) in [6, 6.07) is 17.7. The molecule has 258 valence electrons. The number of hydrogen-bond acceptors (Lipinski definition) is 9. The number of nitrogens with zero attached hydrogens (tertiary/aromatic N) is 3. The summed E-state index contributed by atoms with van der Waals surface area (Å²) < 4.78 is 22.6. The molecule has 1 unspecified atom stereocenters. The van der Waals surface area contributed by atoms with E-state index >= 15 is 0 Å². The molecule has 2 heterocycles. The number of hydrogen-bond donors (Lipinski definition) is 2. The summed E-state index contributed by atoms with van der Waals surface area (Å²) >= 11 is 0. The van der Waals surface area contributed by atoms with Crippen LogP contribution in [0.2, 0.25) is 0 Å². The van der Waals surface area contributed by atoms with E-state index in [2.05, 4.69) is 39.5 Å². The van der Waals surface area contributed by atoms with E-state index in [0.717, 1.165) is 24.2 Å². The van der Waals surface area contributed by atoms with Crippen LogP contribution in [-0.4, -0.2) is 96.1 Å². The minimum absolute atomic E-state index is 0.0797. The second kappa shape index (κ2) is 15.7. The van der Waals surface area contributed by atoms with Crippen LogP contribution in [0.3, 0.4) is 0 Å². The van der Waals surface area contributed by atoms with Gasteiger partial charge in [0.15, 0.2) is 0 Å². The van der Waals surface area contributed by atoms with Gasteiger partial charge in [-0.05, 0) is 56.9 Å². The van der Waals surface area contributed by atoms with Crippen molar-refractivity contribution in [1.29, 1.82) is 0 Å². The molecular formula is C37H48N4O7. The molecule has 1 fully saturated rings. The Bertz CT molecular complexity index is 1530. The number of rotatable bonds is 12. The van der Waals surface area contributed by atoms with Gasteiger partial charge in [0.05, 0.1) is 20.3 Å². The van der Waals surface area contributed by atoms with Crippen LogP contribution in [0.4, 0.5) is 4.79 Å². The van der Waals surface area contributed by atoms with Gasteiger partial charge in [0.25, 0.3) is 5.91 Å². The molecule has 2 N–H and O–H groups in total. The number of aliphatic hydroxyl groups is 1. The SMILES string of the molecule is COc1ccc(CN(CC(O)CNC(=O)c2ccnc(OC3CCN(C(=O)OC(C)(C)C)CC3)c2)C2Cc3ccccc3C2)c(OC)c1. The molecule has 1 saturated heterocycles. The fraction of sp³-hybridized carbons (Fsp3) is 0.486. The van der Waals surface area contributed by atoms with Crippen molar-refractivity contribution in [2.45, 2.75) is 76.9 Å². The molecule has 1 aliphatic heterocycles. The zero-order chi connectivity index (χ0) is 34.3. The van der Waals surface area contributed by atoms with Crippen LogP contribution in [0.1, 0.15) is 60.7 Å². The molecule has 0 saturated carbocycles. The van der Waals surface area contributed by atoms with Crippen LogP contribution in [0.15, 0.2) is 60.8 Å². The molecule has 2 amide bonds. The monoisotopic (exact) mass is 660 g/mol. The van der Waals surface area contributed by atoms with Crippen molar-refractivity contribution < 1.29 is 33.6 Å². The van der Waals surface area contributed by atoms with E-state index in [1.807, 2.05) is 39.0 Å². The van der Waals surface area contributed by atoms with E-state index in [1.54, 1.807) is 31.3 Å². The summed E-state index contributed by atoms with van der Waals surface area (Å²) in [5.74, 6) is 1.46. The lowest BCUT2D eigenvalue weighted by Crippen LogP contribution is -2.44. The Morgan fingerprint density at radius 3 is 2.38 bits per heavy atom. The average molecular weight is 661 g/mol. The number of carbonyl (C=O) groups excluding carboxylic acids is 2. The molecule has 0 radical (unpaired) electrons. The molecular weight excluding hydrogens is 612 g/mol. The molecule has 0 bridgehead atoms. The number of ether oxygens (including phenoxy) is 4. The summed E-state index contributed by atoms with van der Waals surface area (Å²) in [4.78, 5) is 33.8. The zero-order valence-electron chi connectivity index (χ0n) is 28.6. The van der Waals surface area contributed by atoms with Gasteiger partial charge >= 0.3 is 6.09 Å². The first kappa shape index (κ1) is 35.0. The molecule has 3 aromatic rings. The molecule has 48 heavy (non-hydrogen) atoms. The minimum atomic E-state index is -0.811. The molecule has 11 heteroatoms. The van der Waals surface area contributed by atoms with Crippen LogP contribution in [0.5, 0.6) is 17.4 Å². The van der Waals surface area contributed by atoms with Crippen molar-refractivity contribution in [2.75, 3.05) is 40.4 Å². The van der Waals surface area contributed by atoms with Crippen molar-refractivity contribution in [3.63, 3.8) is 0 Å². The van der Waals surface area contributed by atoms with E-state index in [1.165, 1.54) is 17.3 Å². The first-order valence-electron chi connectivity index (χ1n) is 16.6. The predicted octanol–water partition coefficient (Wildman–Crippen LogP) is 4.64. The van der Waals surface area contributed by atoms with Crippen molar-refractivity contribution in [1.82, 2.24) is 20.1 Å². The number of nitrogens with one attached hydrogen (secondary N) is 1. The second-order valence-electron chi connectivity index (χ2n) is 13.5. The highest BCUT2D eigenvalue weighted by Gasteiger charge is 2.30. The maximum atomic E-state index is 13.1. The quantitative estimate of drug-likeness (QED) is 0.286. The molecule has 2 aliphatic rings. The summed E-state index contributed by atoms with van der Waals surface area (Å²) in [6.07, 6.45) is 3.31. The first-order chi connectivity index (χ1) is 23.0. The van der Waals surface area contributed by atoms with E-state index in [0.29, 0.717) is 56.2 Å². The topological polar surface area (TPSA) is 123 Å². The van der Waals surface area contributed by atoms with Gasteiger partial charge < -0.3 is 34.3 Å². The number of benzene rings is 2. The first-order valence-corrected chi connectivity index (χ1v) is 16.6. The number of fused-ring (bicyclic) bond motifs is 1. The van der Waals surface area contributed by atoms with Crippen molar-refractivity contribution in [3.05, 3.63) is 83.0 Å². The lowest BCUT2D eigenvalue weighted by molar-refractivity contribution is 0.0122. The molecule has 5 rings (SSSR count). The number of aromatic nitrogens is 1. The lowest BCUT2D eigenvalue weighted by atomic mass is 10.1. The number of aliphatic hydroxyl groups excluding tert-OH is 1. The highest BCUT2D eigenvalue weighted by Crippen LogP contribution is 2.30. The summed E-state index contributed by atoms with van der Waals surface area (Å²) in [5.41, 5.74) is 3.48. The Hall–Kier alpha value is -4.35. The van der Waals surface area contributed by atoms with E-state index in [-0.39, 0.29) is 30.7 Å². The normalized spacial score (nSPS) is 15.9. The average Bonchev–Trinajstić information content (AvgIpc) is 3.51. The highest BCUT2D eigenvalue weighted by atomic mass is 16.6. The van der Waals surface area contributed by atoms with Gasteiger partial charge in [-0.15, -0.1) is 0 Å². The lowest BCUT2D eigenvalue weighted by Gasteiger charge is -2.33. The van der Waals surface area contributed by atoms with Crippen molar-refractivity contribution >= 4 is 12.0 Å². The molecule has 2 aromatic carbocycles. The standard InChI is InChI=1S/C37H48N4O7/c1-37(2,3)48-36(44)40-16-13-31(14-17-40)47-34-20-27(12-15-38-34)35(43)39-22-30(42)24-41(29-18-25-8-6-7-9-26(25)19-29)23-28-10-11-32(45-4)21-33(28)46-5/h6-12,15,20-21,29-31,42H,13-14,16-19,22-24H2,1-5H3,(H,39,43). The van der Waals surface area contributed by atoms with Gasteiger partial charge in [0.1, 0.15) is 23.2 Å². The maximum Gasteiger partial charge on any atom is 0.410 e. The number of pyridine rings is 1. The van der Waals surface area contributed by atoms with E-state index in [9.17, 15) is 14.7 Å². The zero-order valence-corrected chi connectivity index (χ0v) is 28.6. The Morgan fingerprint density at radius 1 is 1.02 bits per heavy atom. The maximum absolute atomic E-state index is 13.1. The molecule has 1 aliphatic carbocycles. The van der Waals surface area contributed by atoms with Crippen molar-refractivity contribution in [3.8, 4) is 17.4 Å². The van der Waals surface area contributed by atoms with Gasteiger partial charge in [-0.3, -0.25) is 9.69 Å². The molecule has 1 atom stereocenters. The Labute approximate surface area is 283 Å². The third kappa shape index (κ3) is 9.38. The van der Waals surface area contributed by atoms with Gasteiger partial charge in [-0.25, -0.2) is 9.78 Å². The summed E-state index contributed by atoms with van der Waals surface area (Å²) in [6.45, 7) is 7.60. The summed E-state index contributed by atoms with van der Waals surface area (Å²) in [7, 11) is 3.27. The van der Waals surface area contributed by atoms with Crippen LogP contribution < -0.4 is 19.5 Å². The smallest absolute Gasteiger partial charge is 0.410 e. The highest BCUT2D eigenvalue weighted by molar-refractivity contribution is 5.94. The fourth-order valence-electron chi connectivity index (χ4n) is 6.25. The third-order valence-corrected chi connectivity index (χ3v) is 8.74. The Balaban J connectivity index is 1.16. The second-order valence-corrected chi connectivity index (χ2v) is 13.5. The van der Waals surface area contributed by atoms with Gasteiger partial charge in [0, 0.05) is 81.1 Å². The number of piperidine rings is 1. The minimum Gasteiger partial charge on any atom is -0.497 e. The Morgan fingerprint density at radius 2 is 1.73 bits per heavy atom. The Kier molecular flexibility index (Phi) is 11.4. The van der Waals surface area contributed by atoms with Crippen LogP contribution >= 0.6 is 0 Å². The van der Waals surface area contributed by atoms with Gasteiger partial charge in [-0.1, -0.05) is 30.3 Å². The fourth-order valence-corrected chi connectivity index (χ4v) is 6.25. The van der Waals surface area contributed by atoms with Gasteiger partial charge in [-0.2, -0.15) is 0 Å². The number of amides is 2. The van der Waals surface area contributed by atoms with Crippen molar-refractivity contribution in [2.24, 2.45) is 0 Å². The van der Waals surface area contributed by atoms with E-state index < -0.39 is 11.7 Å². The van der Waals surface area contributed by atoms with Gasteiger partial charge in [0.2, 0.25) is 5.88 Å². The summed E-state index contributed by atoms with van der Waals surface area (Å²) in [5, 5.41) is 14.1. The third-order valence-electron chi connectivity index (χ3n) is 8.74. The largest absolute Gasteiger partial charge is 0.497 e. The van der Waals surface area contributed by atoms with Crippen LogP contribution in [0.25, 0.3) is 0 Å². The molecule has 1 aromatic heterocycles.